The van der Waals surface area contributed by atoms with Crippen LogP contribution in [0.3, 0.4) is 0 Å². The van der Waals surface area contributed by atoms with Crippen LogP contribution in [-0.2, 0) is 19.1 Å². The number of carbonyl (C=O) groups excluding carboxylic acids is 2. The van der Waals surface area contributed by atoms with Gasteiger partial charge in [0.05, 0.1) is 6.61 Å². The molecule has 0 saturated heterocycles. The second-order valence-corrected chi connectivity index (χ2v) is 10.5. The average Bonchev–Trinajstić information content (AvgIpc) is 2.90. The maximum absolute atomic E-state index is 11.9. The summed E-state index contributed by atoms with van der Waals surface area (Å²) >= 11 is 0. The van der Waals surface area contributed by atoms with Gasteiger partial charge in [-0.2, -0.15) is 0 Å². The molecule has 3 N–H and O–H groups in total. The Morgan fingerprint density at radius 2 is 1.16 bits per heavy atom. The van der Waals surface area contributed by atoms with Crippen molar-refractivity contribution in [2.45, 2.75) is 135 Å². The highest BCUT2D eigenvalue weighted by Gasteiger charge is 2.07. The second kappa shape index (κ2) is 28.3. The zero-order valence-electron chi connectivity index (χ0n) is 24.4. The lowest BCUT2D eigenvalue weighted by atomic mass is 10.1. The molecule has 0 aliphatic rings. The van der Waals surface area contributed by atoms with Gasteiger partial charge in [-0.1, -0.05) is 84.0 Å². The van der Waals surface area contributed by atoms with Gasteiger partial charge in [-0.25, -0.2) is 0 Å². The highest BCUT2D eigenvalue weighted by atomic mass is 16.5. The maximum atomic E-state index is 11.9. The Balaban J connectivity index is 3.87. The number of aliphatic hydroxyl groups excluding tert-OH is 1. The first-order valence-electron chi connectivity index (χ1n) is 15.5. The van der Waals surface area contributed by atoms with E-state index in [4.69, 9.17) is 14.9 Å². The van der Waals surface area contributed by atoms with E-state index in [-0.39, 0.29) is 18.3 Å². The summed E-state index contributed by atoms with van der Waals surface area (Å²) in [6.45, 7) is 5.83. The SMILES string of the molecule is CCCCCCCCCOC(=O)CCCCCCCN(CCCCCCCC(=O)O)CCCNC(=O)CO. The number of amides is 1. The Morgan fingerprint density at radius 1 is 0.658 bits per heavy atom. The Morgan fingerprint density at radius 3 is 1.74 bits per heavy atom. The Kier molecular flexibility index (Phi) is 27.1. The van der Waals surface area contributed by atoms with E-state index in [1.165, 1.54) is 32.1 Å². The number of esters is 1. The first kappa shape index (κ1) is 36.3. The molecule has 0 bridgehead atoms. The van der Waals surface area contributed by atoms with Crippen molar-refractivity contribution < 1.29 is 29.3 Å². The van der Waals surface area contributed by atoms with Gasteiger partial charge in [0.1, 0.15) is 6.61 Å². The van der Waals surface area contributed by atoms with E-state index in [0.29, 0.717) is 19.6 Å². The summed E-state index contributed by atoms with van der Waals surface area (Å²) in [6.07, 6.45) is 20.5. The molecule has 0 aromatic rings. The van der Waals surface area contributed by atoms with Crippen LogP contribution in [0, 0.1) is 0 Å². The van der Waals surface area contributed by atoms with Crippen LogP contribution in [0.2, 0.25) is 0 Å². The monoisotopic (exact) mass is 542 g/mol. The minimum Gasteiger partial charge on any atom is -0.481 e. The summed E-state index contributed by atoms with van der Waals surface area (Å²) in [5, 5.41) is 20.3. The molecule has 0 unspecified atom stereocenters. The zero-order chi connectivity index (χ0) is 28.1. The number of hydrogen-bond donors (Lipinski definition) is 3. The van der Waals surface area contributed by atoms with Gasteiger partial charge in [0.15, 0.2) is 0 Å². The number of rotatable bonds is 29. The van der Waals surface area contributed by atoms with E-state index in [1.807, 2.05) is 0 Å². The Hall–Kier alpha value is -1.67. The van der Waals surface area contributed by atoms with Gasteiger partial charge in [-0.15, -0.1) is 0 Å². The van der Waals surface area contributed by atoms with Gasteiger partial charge in [0.25, 0.3) is 0 Å². The van der Waals surface area contributed by atoms with Crippen LogP contribution >= 0.6 is 0 Å². The highest BCUT2D eigenvalue weighted by Crippen LogP contribution is 2.11. The number of aliphatic carboxylic acids is 1. The molecule has 224 valence electrons. The third kappa shape index (κ3) is 27.4. The molecule has 0 aliphatic carbocycles. The molecule has 1 amide bonds. The van der Waals surface area contributed by atoms with E-state index in [2.05, 4.69) is 17.1 Å². The van der Waals surface area contributed by atoms with Crippen LogP contribution in [0.4, 0.5) is 0 Å². The summed E-state index contributed by atoms with van der Waals surface area (Å²) in [4.78, 5) is 36.2. The van der Waals surface area contributed by atoms with Gasteiger partial charge >= 0.3 is 11.9 Å². The first-order valence-corrected chi connectivity index (χ1v) is 15.5. The molecule has 8 heteroatoms. The molecular formula is C30H58N2O6. The minimum absolute atomic E-state index is 0.0570. The number of ether oxygens (including phenoxy) is 1. The molecule has 0 fully saturated rings. The molecule has 0 atom stereocenters. The lowest BCUT2D eigenvalue weighted by Gasteiger charge is -2.22. The van der Waals surface area contributed by atoms with Crippen LogP contribution in [-0.4, -0.2) is 72.4 Å². The number of carbonyl (C=O) groups is 3. The number of hydrogen-bond acceptors (Lipinski definition) is 6. The lowest BCUT2D eigenvalue weighted by Crippen LogP contribution is -2.32. The number of aliphatic hydroxyl groups is 1. The maximum Gasteiger partial charge on any atom is 0.305 e. The third-order valence-corrected chi connectivity index (χ3v) is 6.85. The Bertz CT molecular complexity index is 573. The van der Waals surface area contributed by atoms with E-state index < -0.39 is 12.6 Å². The van der Waals surface area contributed by atoms with Crippen molar-refractivity contribution in [3.63, 3.8) is 0 Å². The van der Waals surface area contributed by atoms with Crippen molar-refractivity contribution in [1.82, 2.24) is 10.2 Å². The van der Waals surface area contributed by atoms with Gasteiger partial charge in [0, 0.05) is 19.4 Å². The fraction of sp³-hybridized carbons (Fsp3) is 0.900. The number of carboxylic acids is 1. The molecule has 38 heavy (non-hydrogen) atoms. The molecule has 0 aromatic carbocycles. The Labute approximate surface area is 232 Å². The van der Waals surface area contributed by atoms with Crippen LogP contribution in [0.1, 0.15) is 135 Å². The first-order chi connectivity index (χ1) is 18.5. The molecular weight excluding hydrogens is 484 g/mol. The molecule has 0 spiro atoms. The van der Waals surface area contributed by atoms with Gasteiger partial charge in [-0.05, 0) is 58.2 Å². The third-order valence-electron chi connectivity index (χ3n) is 6.85. The normalized spacial score (nSPS) is 11.1. The summed E-state index contributed by atoms with van der Waals surface area (Å²) in [5.74, 6) is -1.11. The quantitative estimate of drug-likeness (QED) is 0.0802. The smallest absolute Gasteiger partial charge is 0.305 e. The molecule has 0 radical (unpaired) electrons. The molecule has 0 heterocycles. The standard InChI is InChI=1S/C30H58N2O6/c1-2-3-4-5-6-13-18-26-38-30(37)21-15-10-8-12-17-24-32(25-19-22-31-28(34)27-33)23-16-11-7-9-14-20-29(35)36/h33H,2-27H2,1H3,(H,31,34)(H,35,36). The number of unbranched alkanes of at least 4 members (excludes halogenated alkanes) is 14. The topological polar surface area (TPSA) is 116 Å². The number of carboxylic acid groups (broad SMARTS) is 1. The van der Waals surface area contributed by atoms with Crippen LogP contribution < -0.4 is 5.32 Å². The van der Waals surface area contributed by atoms with Gasteiger partial charge in [-0.3, -0.25) is 14.4 Å². The number of nitrogens with one attached hydrogen (secondary N) is 1. The largest absolute Gasteiger partial charge is 0.481 e. The highest BCUT2D eigenvalue weighted by molar-refractivity contribution is 5.76. The predicted molar refractivity (Wildman–Crippen MR) is 153 cm³/mol. The molecule has 0 aliphatic heterocycles. The van der Waals surface area contributed by atoms with Crippen molar-refractivity contribution >= 4 is 17.8 Å². The summed E-state index contributed by atoms with van der Waals surface area (Å²) in [5.41, 5.74) is 0. The van der Waals surface area contributed by atoms with Crippen LogP contribution in [0.15, 0.2) is 0 Å². The van der Waals surface area contributed by atoms with E-state index in [1.54, 1.807) is 0 Å². The summed E-state index contributed by atoms with van der Waals surface area (Å²) in [6, 6.07) is 0. The lowest BCUT2D eigenvalue weighted by molar-refractivity contribution is -0.144. The molecule has 8 nitrogen and oxygen atoms in total. The fourth-order valence-electron chi connectivity index (χ4n) is 4.52. The zero-order valence-corrected chi connectivity index (χ0v) is 24.4. The van der Waals surface area contributed by atoms with Crippen molar-refractivity contribution in [2.24, 2.45) is 0 Å². The summed E-state index contributed by atoms with van der Waals surface area (Å²) in [7, 11) is 0. The van der Waals surface area contributed by atoms with Crippen LogP contribution in [0.25, 0.3) is 0 Å². The van der Waals surface area contributed by atoms with Crippen molar-refractivity contribution in [1.29, 1.82) is 0 Å². The van der Waals surface area contributed by atoms with Crippen molar-refractivity contribution in [3.8, 4) is 0 Å². The fourth-order valence-corrected chi connectivity index (χ4v) is 4.52. The minimum atomic E-state index is -0.719. The second-order valence-electron chi connectivity index (χ2n) is 10.5. The average molecular weight is 543 g/mol. The summed E-state index contributed by atoms with van der Waals surface area (Å²) < 4.78 is 5.36. The van der Waals surface area contributed by atoms with Gasteiger partial charge in [0.2, 0.25) is 5.91 Å². The number of nitrogens with zero attached hydrogens (tertiary/aromatic N) is 1. The molecule has 0 rings (SSSR count). The van der Waals surface area contributed by atoms with Crippen molar-refractivity contribution in [3.05, 3.63) is 0 Å². The van der Waals surface area contributed by atoms with E-state index >= 15 is 0 Å². The molecule has 0 aromatic heterocycles. The van der Waals surface area contributed by atoms with Crippen molar-refractivity contribution in [2.75, 3.05) is 39.4 Å². The predicted octanol–water partition coefficient (Wildman–Crippen LogP) is 5.85. The van der Waals surface area contributed by atoms with Crippen LogP contribution in [0.5, 0.6) is 0 Å². The molecule has 0 saturated carbocycles. The van der Waals surface area contributed by atoms with E-state index in [0.717, 1.165) is 103 Å². The van der Waals surface area contributed by atoms with Gasteiger partial charge < -0.3 is 25.2 Å². The van der Waals surface area contributed by atoms with E-state index in [9.17, 15) is 14.4 Å².